The lowest BCUT2D eigenvalue weighted by Gasteiger charge is -2.28. The zero-order valence-electron chi connectivity index (χ0n) is 24.0. The number of allylic oxidation sites excluding steroid dienone is 1. The van der Waals surface area contributed by atoms with Crippen molar-refractivity contribution in [1.82, 2.24) is 25.2 Å². The monoisotopic (exact) mass is 631 g/mol. The van der Waals surface area contributed by atoms with Crippen LogP contribution >= 0.6 is 0 Å². The zero-order chi connectivity index (χ0) is 32.0. The summed E-state index contributed by atoms with van der Waals surface area (Å²) in [5.74, 6) is -4.58. The third-order valence-corrected chi connectivity index (χ3v) is 10.6. The first kappa shape index (κ1) is 31.2. The minimum atomic E-state index is -3.91. The van der Waals surface area contributed by atoms with Crippen LogP contribution in [-0.4, -0.2) is 83.0 Å². The SMILES string of the molecule is C=C[C@@H]1C[C@]1(NC(=O)[C@@H]1C[C@@H](C2c3cccc(F)c3CN2C(=O)O)CN1C(=O)CNC(=O)/C=C/C)C(=O)NS(=O)(=O)C1CC1. The molecule has 2 heterocycles. The Kier molecular flexibility index (Phi) is 8.27. The predicted octanol–water partition coefficient (Wildman–Crippen LogP) is 0.939. The van der Waals surface area contributed by atoms with Crippen LogP contribution in [0.15, 0.2) is 43.0 Å². The number of amides is 5. The molecule has 0 bridgehead atoms. The smallest absolute Gasteiger partial charge is 0.408 e. The minimum Gasteiger partial charge on any atom is -0.465 e. The van der Waals surface area contributed by atoms with Crippen molar-refractivity contribution in [2.45, 2.75) is 62.0 Å². The highest BCUT2D eigenvalue weighted by molar-refractivity contribution is 7.91. The predicted molar refractivity (Wildman–Crippen MR) is 153 cm³/mol. The lowest BCUT2D eigenvalue weighted by atomic mass is 9.90. The summed E-state index contributed by atoms with van der Waals surface area (Å²) in [7, 11) is -3.91. The van der Waals surface area contributed by atoms with Gasteiger partial charge in [0.1, 0.15) is 17.4 Å². The van der Waals surface area contributed by atoms with Crippen LogP contribution in [0.4, 0.5) is 9.18 Å². The van der Waals surface area contributed by atoms with Crippen molar-refractivity contribution >= 4 is 39.7 Å². The average Bonchev–Trinajstić information content (AvgIpc) is 3.86. The van der Waals surface area contributed by atoms with Crippen molar-refractivity contribution in [3.8, 4) is 0 Å². The Hall–Kier alpha value is -4.27. The summed E-state index contributed by atoms with van der Waals surface area (Å²) in [6.45, 7) is 4.55. The molecule has 0 aromatic heterocycles. The van der Waals surface area contributed by atoms with Gasteiger partial charge >= 0.3 is 6.09 Å². The summed E-state index contributed by atoms with van der Waals surface area (Å²) in [5.41, 5.74) is -0.949. The molecule has 1 saturated heterocycles. The quantitative estimate of drug-likeness (QED) is 0.217. The first-order valence-electron chi connectivity index (χ1n) is 14.3. The highest BCUT2D eigenvalue weighted by atomic mass is 32.2. The number of nitrogens with zero attached hydrogens (tertiary/aromatic N) is 2. The van der Waals surface area contributed by atoms with Gasteiger partial charge in [-0.2, -0.15) is 0 Å². The number of carbonyl (C=O) groups excluding carboxylic acids is 4. The van der Waals surface area contributed by atoms with Gasteiger partial charge in [-0.25, -0.2) is 17.6 Å². The van der Waals surface area contributed by atoms with Crippen molar-refractivity contribution in [2.75, 3.05) is 13.1 Å². The van der Waals surface area contributed by atoms with E-state index in [0.717, 1.165) is 4.90 Å². The molecule has 5 amide bonds. The lowest BCUT2D eigenvalue weighted by molar-refractivity contribution is -0.139. The standard InChI is InChI=1S/C29H34FN5O8S/c1-3-6-23(36)31-13-24(37)34-14-16(25-19-7-5-8-21(30)20(19)15-35(25)28(40)41)11-22(34)26(38)32-29(12-17(29)4-2)27(39)33-44(42,43)18-9-10-18/h3-8,16-18,22,25H,2,9-15H2,1H3,(H,31,36)(H,32,38)(H,33,39)(H,40,41)/b6-3+/t16-,17-,22+,25?,29-/m1/s1. The largest absolute Gasteiger partial charge is 0.465 e. The zero-order valence-corrected chi connectivity index (χ0v) is 24.8. The molecule has 2 aliphatic heterocycles. The van der Waals surface area contributed by atoms with E-state index in [-0.39, 0.29) is 31.5 Å². The molecular formula is C29H34FN5O8S. The molecule has 5 rings (SSSR count). The van der Waals surface area contributed by atoms with E-state index in [1.165, 1.54) is 35.3 Å². The van der Waals surface area contributed by atoms with Crippen LogP contribution in [0.3, 0.4) is 0 Å². The molecule has 15 heteroatoms. The lowest BCUT2D eigenvalue weighted by Crippen LogP contribution is -2.57. The molecule has 44 heavy (non-hydrogen) atoms. The van der Waals surface area contributed by atoms with Crippen LogP contribution in [0.5, 0.6) is 0 Å². The maximum atomic E-state index is 14.7. The minimum absolute atomic E-state index is 0.0401. The summed E-state index contributed by atoms with van der Waals surface area (Å²) in [6.07, 6.45) is 3.77. The van der Waals surface area contributed by atoms with Gasteiger partial charge in [0, 0.05) is 23.9 Å². The van der Waals surface area contributed by atoms with Gasteiger partial charge in [-0.15, -0.1) is 6.58 Å². The number of hydrogen-bond donors (Lipinski definition) is 4. The van der Waals surface area contributed by atoms with Crippen molar-refractivity contribution in [2.24, 2.45) is 11.8 Å². The second kappa shape index (κ2) is 11.7. The molecule has 4 aliphatic rings. The molecule has 5 atom stereocenters. The van der Waals surface area contributed by atoms with Gasteiger partial charge in [0.05, 0.1) is 24.4 Å². The third-order valence-electron chi connectivity index (χ3n) is 8.77. The molecule has 13 nitrogen and oxygen atoms in total. The molecule has 4 N–H and O–H groups in total. The molecule has 1 unspecified atom stereocenters. The van der Waals surface area contributed by atoms with Gasteiger partial charge in [0.25, 0.3) is 5.91 Å². The van der Waals surface area contributed by atoms with Gasteiger partial charge in [-0.05, 0) is 50.3 Å². The Balaban J connectivity index is 1.42. The van der Waals surface area contributed by atoms with Crippen LogP contribution in [0.1, 0.15) is 49.8 Å². The second-order valence-corrected chi connectivity index (χ2v) is 13.6. The van der Waals surface area contributed by atoms with Crippen LogP contribution in [0.25, 0.3) is 0 Å². The van der Waals surface area contributed by atoms with Crippen molar-refractivity contribution in [1.29, 1.82) is 0 Å². The maximum Gasteiger partial charge on any atom is 0.408 e. The Morgan fingerprint density at radius 2 is 1.91 bits per heavy atom. The highest BCUT2D eigenvalue weighted by Crippen LogP contribution is 2.47. The number of sulfonamides is 1. The number of carboxylic acid groups (broad SMARTS) is 1. The number of fused-ring (bicyclic) bond motifs is 1. The van der Waals surface area contributed by atoms with Gasteiger partial charge in [-0.1, -0.05) is 24.3 Å². The third kappa shape index (κ3) is 5.79. The number of halogens is 1. The van der Waals surface area contributed by atoms with E-state index >= 15 is 0 Å². The van der Waals surface area contributed by atoms with Crippen LogP contribution < -0.4 is 15.4 Å². The van der Waals surface area contributed by atoms with Crippen molar-refractivity contribution in [3.63, 3.8) is 0 Å². The number of rotatable bonds is 10. The Morgan fingerprint density at radius 1 is 1.18 bits per heavy atom. The molecule has 1 aromatic rings. The molecule has 0 radical (unpaired) electrons. The Labute approximate surface area is 253 Å². The number of hydrogen-bond acceptors (Lipinski definition) is 7. The fraction of sp³-hybridized carbons (Fsp3) is 0.483. The van der Waals surface area contributed by atoms with E-state index in [9.17, 15) is 41.9 Å². The fourth-order valence-corrected chi connectivity index (χ4v) is 7.63. The average molecular weight is 632 g/mol. The summed E-state index contributed by atoms with van der Waals surface area (Å²) in [6, 6.07) is 2.24. The summed E-state index contributed by atoms with van der Waals surface area (Å²) >= 11 is 0. The number of benzene rings is 1. The maximum absolute atomic E-state index is 14.7. The summed E-state index contributed by atoms with van der Waals surface area (Å²) in [4.78, 5) is 66.9. The van der Waals surface area contributed by atoms with Gasteiger partial charge in [-0.3, -0.25) is 28.8 Å². The molecule has 1 aromatic carbocycles. The first-order chi connectivity index (χ1) is 20.8. The van der Waals surface area contributed by atoms with Crippen LogP contribution in [0, 0.1) is 17.7 Å². The molecule has 0 spiro atoms. The highest BCUT2D eigenvalue weighted by Gasteiger charge is 2.62. The topological polar surface area (TPSA) is 182 Å². The summed E-state index contributed by atoms with van der Waals surface area (Å²) < 4.78 is 41.7. The molecule has 2 aliphatic carbocycles. The van der Waals surface area contributed by atoms with Crippen LogP contribution in [0.2, 0.25) is 0 Å². The number of nitrogens with one attached hydrogen (secondary N) is 3. The van der Waals surface area contributed by atoms with Gasteiger partial charge < -0.3 is 20.6 Å². The van der Waals surface area contributed by atoms with E-state index in [1.54, 1.807) is 13.0 Å². The van der Waals surface area contributed by atoms with Crippen molar-refractivity contribution in [3.05, 3.63) is 60.0 Å². The van der Waals surface area contributed by atoms with Crippen LogP contribution in [-0.2, 0) is 35.7 Å². The molecule has 2 saturated carbocycles. The van der Waals surface area contributed by atoms with Gasteiger partial charge in [0.15, 0.2) is 0 Å². The second-order valence-electron chi connectivity index (χ2n) is 11.6. The first-order valence-corrected chi connectivity index (χ1v) is 15.8. The van der Waals surface area contributed by atoms with E-state index in [2.05, 4.69) is 21.9 Å². The van der Waals surface area contributed by atoms with E-state index in [1.807, 2.05) is 0 Å². The fourth-order valence-electron chi connectivity index (χ4n) is 6.27. The molecular weight excluding hydrogens is 597 g/mol. The Morgan fingerprint density at radius 3 is 2.52 bits per heavy atom. The van der Waals surface area contributed by atoms with Crippen molar-refractivity contribution < 1.29 is 41.9 Å². The number of likely N-dealkylation sites (tertiary alicyclic amines) is 1. The van der Waals surface area contributed by atoms with Gasteiger partial charge in [0.2, 0.25) is 27.7 Å². The number of carbonyl (C=O) groups is 5. The normalized spacial score (nSPS) is 27.5. The molecule has 236 valence electrons. The molecule has 3 fully saturated rings. The Bertz CT molecular complexity index is 1560. The van der Waals surface area contributed by atoms with E-state index in [4.69, 9.17) is 0 Å². The van der Waals surface area contributed by atoms with E-state index < -0.39 is 86.8 Å². The summed E-state index contributed by atoms with van der Waals surface area (Å²) in [5, 5.41) is 14.4. The van der Waals surface area contributed by atoms with E-state index in [0.29, 0.717) is 18.4 Å².